The number of hydrogen-bond donors (Lipinski definition) is 2. The predicted octanol–water partition coefficient (Wildman–Crippen LogP) is 1.97. The number of hydrogen-bond acceptors (Lipinski definition) is 5. The minimum absolute atomic E-state index is 0.0195. The summed E-state index contributed by atoms with van der Waals surface area (Å²) in [4.78, 5) is 26.5. The molecule has 0 radical (unpaired) electrons. The summed E-state index contributed by atoms with van der Waals surface area (Å²) in [7, 11) is 0. The van der Waals surface area contributed by atoms with Crippen LogP contribution >= 0.6 is 0 Å². The fraction of sp³-hybridized carbons (Fsp3) is 0.462. The maximum atomic E-state index is 11.7. The van der Waals surface area contributed by atoms with Gasteiger partial charge in [0.05, 0.1) is 18.4 Å². The van der Waals surface area contributed by atoms with E-state index in [9.17, 15) is 9.59 Å². The van der Waals surface area contributed by atoms with Crippen LogP contribution in [0.5, 0.6) is 5.75 Å². The Morgan fingerprint density at radius 1 is 1.37 bits per heavy atom. The summed E-state index contributed by atoms with van der Waals surface area (Å²) in [5, 5.41) is 5.55. The van der Waals surface area contributed by atoms with Gasteiger partial charge < -0.3 is 15.4 Å². The Labute approximate surface area is 112 Å². The first-order valence-corrected chi connectivity index (χ1v) is 5.95. The maximum Gasteiger partial charge on any atom is 0.413 e. The quantitative estimate of drug-likeness (QED) is 0.870. The number of carbonyl (C=O) groups is 2. The van der Waals surface area contributed by atoms with E-state index in [4.69, 9.17) is 4.74 Å². The molecule has 0 spiro atoms. The van der Waals surface area contributed by atoms with Gasteiger partial charge >= 0.3 is 6.09 Å². The molecule has 6 heteroatoms. The second kappa shape index (κ2) is 6.17. The first-order chi connectivity index (χ1) is 8.78. The van der Waals surface area contributed by atoms with Crippen molar-refractivity contribution in [3.8, 4) is 5.75 Å². The topological polar surface area (TPSA) is 80.3 Å². The highest BCUT2D eigenvalue weighted by Gasteiger charge is 2.16. The number of aromatic nitrogens is 1. The van der Waals surface area contributed by atoms with E-state index in [-0.39, 0.29) is 17.9 Å². The van der Waals surface area contributed by atoms with E-state index in [1.54, 1.807) is 6.07 Å². The summed E-state index contributed by atoms with van der Waals surface area (Å²) >= 11 is 0. The molecule has 0 saturated heterocycles. The number of rotatable bonds is 4. The van der Waals surface area contributed by atoms with Crippen LogP contribution in [-0.2, 0) is 4.79 Å². The van der Waals surface area contributed by atoms with Crippen molar-refractivity contribution in [2.75, 3.05) is 11.9 Å². The number of anilines is 1. The number of Topliss-reactive ketones (excluding diaryl/α,β-unsaturated/α-hetero) is 1. The van der Waals surface area contributed by atoms with Crippen LogP contribution in [0.15, 0.2) is 18.5 Å². The molecule has 0 atom stereocenters. The van der Waals surface area contributed by atoms with Crippen molar-refractivity contribution < 1.29 is 14.3 Å². The van der Waals surface area contributed by atoms with Gasteiger partial charge in [-0.05, 0) is 27.7 Å². The Kier molecular flexibility index (Phi) is 4.86. The zero-order chi connectivity index (χ0) is 14.5. The molecule has 0 aliphatic rings. The number of amides is 1. The number of pyridine rings is 1. The zero-order valence-corrected chi connectivity index (χ0v) is 11.6. The lowest BCUT2D eigenvalue weighted by molar-refractivity contribution is -0.115. The molecule has 6 nitrogen and oxygen atoms in total. The molecule has 19 heavy (non-hydrogen) atoms. The number of nitrogens with one attached hydrogen (secondary N) is 2. The maximum absolute atomic E-state index is 11.7. The third-order valence-electron chi connectivity index (χ3n) is 1.99. The minimum atomic E-state index is -0.551. The lowest BCUT2D eigenvalue weighted by atomic mass is 10.1. The smallest absolute Gasteiger partial charge is 0.408 e. The molecule has 1 aromatic rings. The van der Waals surface area contributed by atoms with Crippen molar-refractivity contribution in [2.45, 2.75) is 33.2 Å². The molecule has 0 unspecified atom stereocenters. The van der Waals surface area contributed by atoms with Crippen LogP contribution in [0.4, 0.5) is 10.5 Å². The highest BCUT2D eigenvalue weighted by molar-refractivity contribution is 5.81. The van der Waals surface area contributed by atoms with E-state index in [2.05, 4.69) is 15.6 Å². The Hall–Kier alpha value is -2.11. The molecule has 1 amide bonds. The van der Waals surface area contributed by atoms with Crippen molar-refractivity contribution >= 4 is 17.6 Å². The fourth-order valence-corrected chi connectivity index (χ4v) is 1.25. The highest BCUT2D eigenvalue weighted by atomic mass is 16.6. The molecule has 0 fully saturated rings. The van der Waals surface area contributed by atoms with Gasteiger partial charge in [-0.2, -0.15) is 0 Å². The van der Waals surface area contributed by atoms with E-state index in [0.29, 0.717) is 11.4 Å². The summed E-state index contributed by atoms with van der Waals surface area (Å²) in [6, 6.07) is 1.56. The normalized spacial score (nSPS) is 10.7. The van der Waals surface area contributed by atoms with Crippen LogP contribution in [-0.4, -0.2) is 28.9 Å². The number of ketones is 1. The summed E-state index contributed by atoms with van der Waals surface area (Å²) in [5.74, 6) is 0.312. The molecule has 0 aromatic carbocycles. The van der Waals surface area contributed by atoms with E-state index in [0.717, 1.165) is 0 Å². The number of carbonyl (C=O) groups excluding carboxylic acids is 2. The van der Waals surface area contributed by atoms with Crippen LogP contribution < -0.4 is 15.4 Å². The zero-order valence-electron chi connectivity index (χ0n) is 11.6. The van der Waals surface area contributed by atoms with Crippen LogP contribution in [0.1, 0.15) is 27.7 Å². The van der Waals surface area contributed by atoms with E-state index >= 15 is 0 Å². The second-order valence-corrected chi connectivity index (χ2v) is 5.19. The molecule has 0 saturated carbocycles. The van der Waals surface area contributed by atoms with Crippen LogP contribution in [0.2, 0.25) is 0 Å². The van der Waals surface area contributed by atoms with Gasteiger partial charge in [-0.25, -0.2) is 4.79 Å². The first-order valence-electron chi connectivity index (χ1n) is 5.95. The lowest BCUT2D eigenvalue weighted by Crippen LogP contribution is -2.42. The molecule has 0 aliphatic carbocycles. The molecular formula is C13H19N3O3. The average molecular weight is 265 g/mol. The molecule has 1 rings (SSSR count). The van der Waals surface area contributed by atoms with Gasteiger partial charge in [-0.1, -0.05) is 0 Å². The van der Waals surface area contributed by atoms with Crippen molar-refractivity contribution in [3.05, 3.63) is 18.5 Å². The van der Waals surface area contributed by atoms with Crippen molar-refractivity contribution in [1.82, 2.24) is 10.3 Å². The molecule has 2 N–H and O–H groups in total. The summed E-state index contributed by atoms with van der Waals surface area (Å²) in [6.45, 7) is 7.19. The highest BCUT2D eigenvalue weighted by Crippen LogP contribution is 2.22. The van der Waals surface area contributed by atoms with Crippen LogP contribution in [0.25, 0.3) is 0 Å². The van der Waals surface area contributed by atoms with Gasteiger partial charge in [0.25, 0.3) is 0 Å². The van der Waals surface area contributed by atoms with Crippen molar-refractivity contribution in [2.24, 2.45) is 0 Å². The Balaban J connectivity index is 2.72. The summed E-state index contributed by atoms with van der Waals surface area (Å²) in [5.41, 5.74) is 0.124. The number of nitrogens with zero attached hydrogens (tertiary/aromatic N) is 1. The largest absolute Gasteiger partial charge is 0.413 e. The SMILES string of the molecule is CC(=O)CNc1cnccc1OC(=O)NC(C)(C)C. The third kappa shape index (κ3) is 5.85. The molecular weight excluding hydrogens is 246 g/mol. The second-order valence-electron chi connectivity index (χ2n) is 5.19. The van der Waals surface area contributed by atoms with Gasteiger partial charge in [0.15, 0.2) is 5.75 Å². The van der Waals surface area contributed by atoms with E-state index < -0.39 is 6.09 Å². The van der Waals surface area contributed by atoms with Crippen molar-refractivity contribution in [3.63, 3.8) is 0 Å². The van der Waals surface area contributed by atoms with Crippen LogP contribution in [0.3, 0.4) is 0 Å². The summed E-state index contributed by atoms with van der Waals surface area (Å²) < 4.78 is 5.19. The van der Waals surface area contributed by atoms with Gasteiger partial charge in [0, 0.05) is 17.8 Å². The fourth-order valence-electron chi connectivity index (χ4n) is 1.25. The monoisotopic (exact) mass is 265 g/mol. The molecule has 1 heterocycles. The standard InChI is InChI=1S/C13H19N3O3/c1-9(17)7-15-10-8-14-6-5-11(10)19-12(18)16-13(2,3)4/h5-6,8,15H,7H2,1-4H3,(H,16,18). The Morgan fingerprint density at radius 2 is 2.05 bits per heavy atom. The molecule has 0 bridgehead atoms. The summed E-state index contributed by atoms with van der Waals surface area (Å²) in [6.07, 6.45) is 2.46. The van der Waals surface area contributed by atoms with Crippen LogP contribution in [0, 0.1) is 0 Å². The Bertz CT molecular complexity index is 466. The Morgan fingerprint density at radius 3 is 2.63 bits per heavy atom. The van der Waals surface area contributed by atoms with Gasteiger partial charge in [-0.15, -0.1) is 0 Å². The van der Waals surface area contributed by atoms with Crippen molar-refractivity contribution in [1.29, 1.82) is 0 Å². The van der Waals surface area contributed by atoms with E-state index in [1.807, 2.05) is 20.8 Å². The third-order valence-corrected chi connectivity index (χ3v) is 1.99. The predicted molar refractivity (Wildman–Crippen MR) is 72.3 cm³/mol. The first kappa shape index (κ1) is 14.9. The average Bonchev–Trinajstić information content (AvgIpc) is 2.25. The van der Waals surface area contributed by atoms with Gasteiger partial charge in [0.1, 0.15) is 5.78 Å². The minimum Gasteiger partial charge on any atom is -0.408 e. The number of ether oxygens (including phenoxy) is 1. The molecule has 104 valence electrons. The van der Waals surface area contributed by atoms with Gasteiger partial charge in [-0.3, -0.25) is 9.78 Å². The van der Waals surface area contributed by atoms with E-state index in [1.165, 1.54) is 19.3 Å². The molecule has 1 aromatic heterocycles. The van der Waals surface area contributed by atoms with Gasteiger partial charge in [0.2, 0.25) is 0 Å². The molecule has 0 aliphatic heterocycles. The lowest BCUT2D eigenvalue weighted by Gasteiger charge is -2.20.